The maximum atomic E-state index is 12.3. The van der Waals surface area contributed by atoms with Crippen LogP contribution < -0.4 is 0 Å². The second-order valence-corrected chi connectivity index (χ2v) is 6.34. The number of ketones is 1. The number of carbonyl (C=O) groups excluding carboxylic acids is 1. The minimum atomic E-state index is -0.239. The Morgan fingerprint density at radius 1 is 1.24 bits per heavy atom. The minimum Gasteiger partial charge on any atom is -0.504 e. The van der Waals surface area contributed by atoms with Gasteiger partial charge in [0, 0.05) is 5.56 Å². The van der Waals surface area contributed by atoms with Gasteiger partial charge < -0.3 is 10.2 Å². The van der Waals surface area contributed by atoms with E-state index in [0.29, 0.717) is 18.0 Å². The number of phenols is 2. The molecule has 0 aromatic heterocycles. The second-order valence-electron chi connectivity index (χ2n) is 6.34. The summed E-state index contributed by atoms with van der Waals surface area (Å²) < 4.78 is 0. The molecule has 0 amide bonds. The van der Waals surface area contributed by atoms with Gasteiger partial charge in [0.05, 0.1) is 6.54 Å². The molecule has 2 rings (SSSR count). The molecule has 1 unspecified atom stereocenters. The van der Waals surface area contributed by atoms with Crippen LogP contribution in [0, 0.1) is 11.8 Å². The fourth-order valence-electron chi connectivity index (χ4n) is 3.00. The molecule has 1 aromatic carbocycles. The quantitative estimate of drug-likeness (QED) is 0.661. The predicted octanol–water partition coefficient (Wildman–Crippen LogP) is 3.04. The fourth-order valence-corrected chi connectivity index (χ4v) is 3.00. The molecule has 0 bridgehead atoms. The highest BCUT2D eigenvalue weighted by Crippen LogP contribution is 2.26. The average molecular weight is 291 g/mol. The molecule has 1 aliphatic rings. The van der Waals surface area contributed by atoms with Crippen molar-refractivity contribution < 1.29 is 15.0 Å². The van der Waals surface area contributed by atoms with Gasteiger partial charge in [0.15, 0.2) is 17.3 Å². The van der Waals surface area contributed by atoms with Gasteiger partial charge in [-0.3, -0.25) is 9.69 Å². The van der Waals surface area contributed by atoms with E-state index in [0.717, 1.165) is 31.8 Å². The van der Waals surface area contributed by atoms with Gasteiger partial charge in [0.25, 0.3) is 0 Å². The van der Waals surface area contributed by atoms with Gasteiger partial charge in [-0.1, -0.05) is 13.8 Å². The van der Waals surface area contributed by atoms with Gasteiger partial charge in [-0.2, -0.15) is 0 Å². The van der Waals surface area contributed by atoms with Gasteiger partial charge in [-0.05, 0) is 62.4 Å². The molecular weight excluding hydrogens is 266 g/mol. The number of nitrogens with zero attached hydrogens (tertiary/aromatic N) is 1. The van der Waals surface area contributed by atoms with Crippen molar-refractivity contribution in [3.63, 3.8) is 0 Å². The maximum Gasteiger partial charge on any atom is 0.176 e. The summed E-state index contributed by atoms with van der Waals surface area (Å²) in [5.74, 6) is 1.02. The molecule has 4 nitrogen and oxygen atoms in total. The molecule has 0 aliphatic carbocycles. The predicted molar refractivity (Wildman–Crippen MR) is 82.7 cm³/mol. The number of carbonyl (C=O) groups is 1. The third-order valence-corrected chi connectivity index (χ3v) is 4.47. The molecular formula is C17H25NO3. The van der Waals surface area contributed by atoms with Crippen LogP contribution in [0.2, 0.25) is 0 Å². The van der Waals surface area contributed by atoms with Crippen LogP contribution >= 0.6 is 0 Å². The lowest BCUT2D eigenvalue weighted by molar-refractivity contribution is 0.0931. The summed E-state index contributed by atoms with van der Waals surface area (Å²) in [5.41, 5.74) is 0.454. The summed E-state index contributed by atoms with van der Waals surface area (Å²) in [6.45, 7) is 6.84. The van der Waals surface area contributed by atoms with E-state index >= 15 is 0 Å². The standard InChI is InChI=1S/C17H25NO3/c1-12(2)13-4-3-8-18(9-7-13)11-17(21)14-5-6-15(19)16(20)10-14/h5-6,10,12-13,19-20H,3-4,7-9,11H2,1-2H3. The monoisotopic (exact) mass is 291 g/mol. The molecule has 0 radical (unpaired) electrons. The molecule has 1 aromatic rings. The van der Waals surface area contributed by atoms with Crippen molar-refractivity contribution in [1.29, 1.82) is 0 Å². The van der Waals surface area contributed by atoms with Gasteiger partial charge >= 0.3 is 0 Å². The van der Waals surface area contributed by atoms with E-state index in [-0.39, 0.29) is 17.3 Å². The van der Waals surface area contributed by atoms with Crippen LogP contribution in [0.15, 0.2) is 18.2 Å². The Labute approximate surface area is 126 Å². The van der Waals surface area contributed by atoms with Crippen molar-refractivity contribution in [2.24, 2.45) is 11.8 Å². The van der Waals surface area contributed by atoms with E-state index in [4.69, 9.17) is 0 Å². The number of Topliss-reactive ketones (excluding diaryl/α,β-unsaturated/α-hetero) is 1. The maximum absolute atomic E-state index is 12.3. The molecule has 1 atom stereocenters. The number of aromatic hydroxyl groups is 2. The van der Waals surface area contributed by atoms with Crippen molar-refractivity contribution in [3.05, 3.63) is 23.8 Å². The fraction of sp³-hybridized carbons (Fsp3) is 0.588. The SMILES string of the molecule is CC(C)C1CCCN(CC(=O)c2ccc(O)c(O)c2)CC1. The molecule has 0 spiro atoms. The summed E-state index contributed by atoms with van der Waals surface area (Å²) in [7, 11) is 0. The summed E-state index contributed by atoms with van der Waals surface area (Å²) in [6, 6.07) is 4.26. The lowest BCUT2D eigenvalue weighted by Gasteiger charge is -2.20. The molecule has 1 aliphatic heterocycles. The van der Waals surface area contributed by atoms with Crippen LogP contribution in [0.5, 0.6) is 11.5 Å². The Balaban J connectivity index is 1.94. The van der Waals surface area contributed by atoms with E-state index in [1.54, 1.807) is 6.07 Å². The topological polar surface area (TPSA) is 60.8 Å². The van der Waals surface area contributed by atoms with Gasteiger partial charge in [0.2, 0.25) is 0 Å². The number of benzene rings is 1. The van der Waals surface area contributed by atoms with Crippen LogP contribution in [-0.4, -0.2) is 40.5 Å². The van der Waals surface area contributed by atoms with Gasteiger partial charge in [-0.15, -0.1) is 0 Å². The summed E-state index contributed by atoms with van der Waals surface area (Å²) in [6.07, 6.45) is 3.52. The first-order chi connectivity index (χ1) is 9.97. The van der Waals surface area contributed by atoms with E-state index in [1.165, 1.54) is 18.6 Å². The summed E-state index contributed by atoms with van der Waals surface area (Å²) >= 11 is 0. The minimum absolute atomic E-state index is 0.00621. The van der Waals surface area contributed by atoms with Crippen LogP contribution in [0.3, 0.4) is 0 Å². The molecule has 1 heterocycles. The number of rotatable bonds is 4. The normalized spacial score (nSPS) is 20.4. The molecule has 21 heavy (non-hydrogen) atoms. The van der Waals surface area contributed by atoms with Gasteiger partial charge in [-0.25, -0.2) is 0 Å². The van der Waals surface area contributed by atoms with E-state index in [9.17, 15) is 15.0 Å². The number of phenolic OH excluding ortho intramolecular Hbond substituents is 2. The van der Waals surface area contributed by atoms with Crippen molar-refractivity contribution in [3.8, 4) is 11.5 Å². The zero-order valence-electron chi connectivity index (χ0n) is 12.9. The average Bonchev–Trinajstić information content (AvgIpc) is 2.67. The first kappa shape index (κ1) is 15.8. The van der Waals surface area contributed by atoms with Crippen LogP contribution in [-0.2, 0) is 0 Å². The van der Waals surface area contributed by atoms with Crippen molar-refractivity contribution in [1.82, 2.24) is 4.90 Å². The lowest BCUT2D eigenvalue weighted by Crippen LogP contribution is -2.31. The summed E-state index contributed by atoms with van der Waals surface area (Å²) in [5, 5.41) is 18.8. The largest absolute Gasteiger partial charge is 0.504 e. The molecule has 116 valence electrons. The van der Waals surface area contributed by atoms with E-state index in [1.807, 2.05) is 0 Å². The molecule has 1 saturated heterocycles. The highest BCUT2D eigenvalue weighted by Gasteiger charge is 2.21. The molecule has 0 saturated carbocycles. The zero-order valence-corrected chi connectivity index (χ0v) is 12.9. The number of hydrogen-bond acceptors (Lipinski definition) is 4. The highest BCUT2D eigenvalue weighted by atomic mass is 16.3. The zero-order chi connectivity index (χ0) is 15.4. The third kappa shape index (κ3) is 4.21. The highest BCUT2D eigenvalue weighted by molar-refractivity contribution is 5.98. The van der Waals surface area contributed by atoms with Crippen molar-refractivity contribution >= 4 is 5.78 Å². The Bertz CT molecular complexity index is 499. The Hall–Kier alpha value is -1.55. The molecule has 1 fully saturated rings. The van der Waals surface area contributed by atoms with Crippen molar-refractivity contribution in [2.45, 2.75) is 33.1 Å². The van der Waals surface area contributed by atoms with Crippen molar-refractivity contribution in [2.75, 3.05) is 19.6 Å². The van der Waals surface area contributed by atoms with Crippen LogP contribution in [0.1, 0.15) is 43.5 Å². The van der Waals surface area contributed by atoms with Crippen LogP contribution in [0.25, 0.3) is 0 Å². The molecule has 4 heteroatoms. The van der Waals surface area contributed by atoms with E-state index in [2.05, 4.69) is 18.7 Å². The first-order valence-corrected chi connectivity index (χ1v) is 7.75. The molecule has 2 N–H and O–H groups in total. The Morgan fingerprint density at radius 2 is 2.00 bits per heavy atom. The second kappa shape index (κ2) is 6.94. The van der Waals surface area contributed by atoms with Gasteiger partial charge in [0.1, 0.15) is 0 Å². The van der Waals surface area contributed by atoms with E-state index < -0.39 is 0 Å². The first-order valence-electron chi connectivity index (χ1n) is 7.75. The Kier molecular flexibility index (Phi) is 5.23. The Morgan fingerprint density at radius 3 is 2.67 bits per heavy atom. The summed E-state index contributed by atoms with van der Waals surface area (Å²) in [4.78, 5) is 14.5. The number of hydrogen-bond donors (Lipinski definition) is 2. The third-order valence-electron chi connectivity index (χ3n) is 4.47. The smallest absolute Gasteiger partial charge is 0.176 e. The van der Waals surface area contributed by atoms with Crippen LogP contribution in [0.4, 0.5) is 0 Å². The lowest BCUT2D eigenvalue weighted by atomic mass is 9.89. The number of likely N-dealkylation sites (tertiary alicyclic amines) is 1.